The molecule has 9 aromatic rings. The summed E-state index contributed by atoms with van der Waals surface area (Å²) in [5.41, 5.74) is 8.34. The summed E-state index contributed by atoms with van der Waals surface area (Å²) in [4.78, 5) is 5.25. The minimum absolute atomic E-state index is 1.06. The summed E-state index contributed by atoms with van der Waals surface area (Å²) in [5, 5.41) is 6.17. The average Bonchev–Trinajstić information content (AvgIpc) is 3.73. The Kier molecular flexibility index (Phi) is 4.97. The molecule has 0 atom stereocenters. The number of para-hydroxylation sites is 2. The Labute approximate surface area is 244 Å². The second-order valence-corrected chi connectivity index (χ2v) is 12.5. The Bertz CT molecular complexity index is 2350. The predicted molar refractivity (Wildman–Crippen MR) is 178 cm³/mol. The Hall–Kier alpha value is -4.77. The minimum atomic E-state index is 1.06. The molecule has 0 saturated heterocycles. The summed E-state index contributed by atoms with van der Waals surface area (Å²) in [5.74, 6) is 0. The minimum Gasteiger partial charge on any atom is -0.309 e. The summed E-state index contributed by atoms with van der Waals surface area (Å²) in [6.07, 6.45) is 0. The summed E-state index contributed by atoms with van der Waals surface area (Å²) in [7, 11) is 0. The quantitative estimate of drug-likeness (QED) is 0.211. The van der Waals surface area contributed by atoms with E-state index in [4.69, 9.17) is 4.98 Å². The molecule has 2 nitrogen and oxygen atoms in total. The first-order valence-electron chi connectivity index (χ1n) is 13.7. The molecule has 0 amide bonds. The van der Waals surface area contributed by atoms with E-state index in [2.05, 4.69) is 138 Å². The van der Waals surface area contributed by atoms with E-state index in [0.717, 1.165) is 21.8 Å². The third kappa shape index (κ3) is 3.51. The van der Waals surface area contributed by atoms with E-state index in [1.807, 2.05) is 11.3 Å². The molecule has 0 bridgehead atoms. The highest BCUT2D eigenvalue weighted by Crippen LogP contribution is 2.43. The van der Waals surface area contributed by atoms with Crippen LogP contribution in [-0.4, -0.2) is 9.55 Å². The first-order chi connectivity index (χ1) is 20.3. The largest absolute Gasteiger partial charge is 0.309 e. The van der Waals surface area contributed by atoms with Crippen LogP contribution in [0.15, 0.2) is 133 Å². The summed E-state index contributed by atoms with van der Waals surface area (Å²) in [6, 6.07) is 48.1. The molecule has 0 unspecified atom stereocenters. The van der Waals surface area contributed by atoms with Crippen molar-refractivity contribution in [2.45, 2.75) is 0 Å². The highest BCUT2D eigenvalue weighted by Gasteiger charge is 2.16. The molecule has 6 aromatic carbocycles. The molecule has 0 aliphatic rings. The van der Waals surface area contributed by atoms with E-state index < -0.39 is 0 Å². The van der Waals surface area contributed by atoms with Gasteiger partial charge in [-0.2, -0.15) is 0 Å². The van der Waals surface area contributed by atoms with Crippen LogP contribution >= 0.6 is 22.7 Å². The van der Waals surface area contributed by atoms with Gasteiger partial charge in [0, 0.05) is 42.2 Å². The van der Waals surface area contributed by atoms with E-state index in [1.54, 1.807) is 11.3 Å². The molecule has 0 saturated carbocycles. The number of thiazole rings is 1. The number of hydrogen-bond donors (Lipinski definition) is 0. The highest BCUT2D eigenvalue weighted by molar-refractivity contribution is 7.26. The van der Waals surface area contributed by atoms with Crippen LogP contribution in [0.2, 0.25) is 0 Å². The molecule has 3 aromatic heterocycles. The fourth-order valence-electron chi connectivity index (χ4n) is 6.14. The van der Waals surface area contributed by atoms with Crippen molar-refractivity contribution >= 4 is 74.9 Å². The third-order valence-corrected chi connectivity index (χ3v) is 10.3. The first-order valence-corrected chi connectivity index (χ1v) is 15.4. The molecule has 0 aliphatic carbocycles. The number of thiophene rings is 1. The summed E-state index contributed by atoms with van der Waals surface area (Å²) >= 11 is 3.62. The van der Waals surface area contributed by atoms with Crippen LogP contribution in [-0.2, 0) is 0 Å². The Morgan fingerprint density at radius 3 is 1.85 bits per heavy atom. The molecular formula is C37H22N2S2. The van der Waals surface area contributed by atoms with E-state index in [0.29, 0.717) is 0 Å². The zero-order valence-electron chi connectivity index (χ0n) is 21.9. The first kappa shape index (κ1) is 23.0. The van der Waals surface area contributed by atoms with Crippen molar-refractivity contribution < 1.29 is 0 Å². The van der Waals surface area contributed by atoms with Crippen LogP contribution < -0.4 is 0 Å². The standard InChI is InChI=1S/C37H22N2S2/c1-2-8-23(9-3-1)25-16-19-32-29(22-25)35-33(40-32)20-21-34-36(35)38-37(41-34)24-14-17-26(18-15-24)39-30-12-6-4-10-27(30)28-11-5-7-13-31(28)39/h1-22H. The summed E-state index contributed by atoms with van der Waals surface area (Å²) in [6.45, 7) is 0. The Balaban J connectivity index is 1.18. The Morgan fingerprint density at radius 1 is 0.463 bits per heavy atom. The molecule has 0 aliphatic heterocycles. The lowest BCUT2D eigenvalue weighted by molar-refractivity contribution is 1.18. The maximum Gasteiger partial charge on any atom is 0.124 e. The van der Waals surface area contributed by atoms with Gasteiger partial charge in [-0.25, -0.2) is 4.98 Å². The number of rotatable bonds is 3. The van der Waals surface area contributed by atoms with E-state index in [-0.39, 0.29) is 0 Å². The zero-order valence-corrected chi connectivity index (χ0v) is 23.5. The van der Waals surface area contributed by atoms with Gasteiger partial charge in [-0.1, -0.05) is 72.8 Å². The Morgan fingerprint density at radius 2 is 1.10 bits per heavy atom. The van der Waals surface area contributed by atoms with E-state index in [1.165, 1.54) is 57.8 Å². The van der Waals surface area contributed by atoms with Gasteiger partial charge in [-0.15, -0.1) is 22.7 Å². The normalized spacial score (nSPS) is 11.9. The van der Waals surface area contributed by atoms with Crippen molar-refractivity contribution in [1.29, 1.82) is 0 Å². The second-order valence-electron chi connectivity index (χ2n) is 10.4. The van der Waals surface area contributed by atoms with Crippen molar-refractivity contribution in [2.75, 3.05) is 0 Å². The predicted octanol–water partition coefficient (Wildman–Crippen LogP) is 11.1. The van der Waals surface area contributed by atoms with Crippen LogP contribution in [0.4, 0.5) is 0 Å². The number of aromatic nitrogens is 2. The topological polar surface area (TPSA) is 17.8 Å². The fourth-order valence-corrected chi connectivity index (χ4v) is 8.21. The number of hydrogen-bond acceptors (Lipinski definition) is 3. The SMILES string of the molecule is c1ccc(-c2ccc3sc4ccc5sc(-c6ccc(-n7c8ccccc8c8ccccc87)cc6)nc5c4c3c2)cc1. The van der Waals surface area contributed by atoms with Gasteiger partial charge in [-0.3, -0.25) is 0 Å². The van der Waals surface area contributed by atoms with Crippen LogP contribution in [0, 0.1) is 0 Å². The number of fused-ring (bicyclic) bond motifs is 8. The van der Waals surface area contributed by atoms with E-state index >= 15 is 0 Å². The second kappa shape index (κ2) is 8.87. The lowest BCUT2D eigenvalue weighted by Gasteiger charge is -2.08. The molecule has 0 fully saturated rings. The van der Waals surface area contributed by atoms with Gasteiger partial charge in [0.1, 0.15) is 5.01 Å². The van der Waals surface area contributed by atoms with Crippen molar-refractivity contribution in [2.24, 2.45) is 0 Å². The lowest BCUT2D eigenvalue weighted by atomic mass is 10.0. The van der Waals surface area contributed by atoms with Gasteiger partial charge in [0.25, 0.3) is 0 Å². The van der Waals surface area contributed by atoms with Gasteiger partial charge in [-0.05, 0) is 71.8 Å². The molecule has 41 heavy (non-hydrogen) atoms. The number of nitrogens with zero attached hydrogens (tertiary/aromatic N) is 2. The van der Waals surface area contributed by atoms with Crippen LogP contribution in [0.1, 0.15) is 0 Å². The molecule has 3 heterocycles. The average molecular weight is 559 g/mol. The van der Waals surface area contributed by atoms with Crippen molar-refractivity contribution in [3.63, 3.8) is 0 Å². The van der Waals surface area contributed by atoms with E-state index in [9.17, 15) is 0 Å². The van der Waals surface area contributed by atoms with Crippen molar-refractivity contribution in [3.05, 3.63) is 133 Å². The molecular weight excluding hydrogens is 537 g/mol. The summed E-state index contributed by atoms with van der Waals surface area (Å²) < 4.78 is 6.18. The molecule has 0 N–H and O–H groups in total. The van der Waals surface area contributed by atoms with Gasteiger partial charge >= 0.3 is 0 Å². The fraction of sp³-hybridized carbons (Fsp3) is 0. The van der Waals surface area contributed by atoms with Gasteiger partial charge < -0.3 is 4.57 Å². The number of benzene rings is 6. The molecule has 0 radical (unpaired) electrons. The molecule has 9 rings (SSSR count). The molecule has 4 heteroatoms. The van der Waals surface area contributed by atoms with Crippen LogP contribution in [0.25, 0.3) is 79.6 Å². The maximum atomic E-state index is 5.25. The lowest BCUT2D eigenvalue weighted by Crippen LogP contribution is -1.93. The van der Waals surface area contributed by atoms with Crippen LogP contribution in [0.5, 0.6) is 0 Å². The zero-order chi connectivity index (χ0) is 26.9. The van der Waals surface area contributed by atoms with Crippen molar-refractivity contribution in [3.8, 4) is 27.4 Å². The van der Waals surface area contributed by atoms with Crippen molar-refractivity contribution in [1.82, 2.24) is 9.55 Å². The van der Waals surface area contributed by atoms with Gasteiger partial charge in [0.15, 0.2) is 0 Å². The van der Waals surface area contributed by atoms with Gasteiger partial charge in [0.2, 0.25) is 0 Å². The molecule has 0 spiro atoms. The highest BCUT2D eigenvalue weighted by atomic mass is 32.1. The van der Waals surface area contributed by atoms with Gasteiger partial charge in [0.05, 0.1) is 21.3 Å². The maximum absolute atomic E-state index is 5.25. The third-order valence-electron chi connectivity index (χ3n) is 8.05. The van der Waals surface area contributed by atoms with Crippen LogP contribution in [0.3, 0.4) is 0 Å². The molecule has 192 valence electrons. The smallest absolute Gasteiger partial charge is 0.124 e. The monoisotopic (exact) mass is 558 g/mol.